The van der Waals surface area contributed by atoms with Crippen LogP contribution < -0.4 is 11.1 Å². The van der Waals surface area contributed by atoms with Gasteiger partial charge >= 0.3 is 0 Å². The van der Waals surface area contributed by atoms with Gasteiger partial charge in [0.1, 0.15) is 5.75 Å². The number of nitrogens with two attached hydrogens (primary N) is 1. The van der Waals surface area contributed by atoms with Crippen molar-refractivity contribution >= 4 is 11.6 Å². The highest BCUT2D eigenvalue weighted by Gasteiger charge is 2.27. The number of phenols is 1. The Kier molecular flexibility index (Phi) is 4.02. The van der Waals surface area contributed by atoms with Crippen molar-refractivity contribution in [1.29, 1.82) is 0 Å². The molecule has 0 fully saturated rings. The summed E-state index contributed by atoms with van der Waals surface area (Å²) < 4.78 is 0. The van der Waals surface area contributed by atoms with E-state index >= 15 is 0 Å². The van der Waals surface area contributed by atoms with Crippen LogP contribution in [-0.4, -0.2) is 17.1 Å². The number of benzene rings is 1. The largest absolute Gasteiger partial charge is 0.507 e. The molecule has 1 unspecified atom stereocenters. The molecule has 0 radical (unpaired) electrons. The van der Waals surface area contributed by atoms with E-state index in [1.165, 1.54) is 0 Å². The molecule has 1 rings (SSSR count). The van der Waals surface area contributed by atoms with Crippen molar-refractivity contribution < 1.29 is 9.90 Å². The lowest BCUT2D eigenvalue weighted by atomic mass is 9.87. The number of aromatic hydroxyl groups is 1. The number of phenolic OH excluding ortho intramolecular Hbond substituents is 1. The molecule has 1 aromatic carbocycles. The van der Waals surface area contributed by atoms with Gasteiger partial charge in [-0.05, 0) is 30.9 Å². The molecule has 0 aliphatic heterocycles. The summed E-state index contributed by atoms with van der Waals surface area (Å²) in [6.07, 6.45) is 0. The average molecular weight is 250 g/mol. The Hall–Kier alpha value is -1.55. The predicted octanol–water partition coefficient (Wildman–Crippen LogP) is 2.32. The fraction of sp³-hybridized carbons (Fsp3) is 0.500. The van der Waals surface area contributed by atoms with Gasteiger partial charge in [-0.3, -0.25) is 4.79 Å². The molecule has 4 N–H and O–H groups in total. The molecule has 0 aliphatic carbocycles. The summed E-state index contributed by atoms with van der Waals surface area (Å²) in [6.45, 7) is 9.32. The molecule has 1 amide bonds. The van der Waals surface area contributed by atoms with Crippen molar-refractivity contribution in [2.45, 2.75) is 40.7 Å². The lowest BCUT2D eigenvalue weighted by molar-refractivity contribution is -0.119. The second-order valence-electron chi connectivity index (χ2n) is 5.74. The molecule has 0 saturated heterocycles. The minimum Gasteiger partial charge on any atom is -0.507 e. The van der Waals surface area contributed by atoms with Gasteiger partial charge in [-0.15, -0.1) is 0 Å². The first-order chi connectivity index (χ1) is 8.14. The molecule has 0 bridgehead atoms. The minimum absolute atomic E-state index is 0.206. The van der Waals surface area contributed by atoms with E-state index in [0.717, 1.165) is 5.56 Å². The quantitative estimate of drug-likeness (QED) is 0.754. The van der Waals surface area contributed by atoms with Gasteiger partial charge in [0.2, 0.25) is 5.91 Å². The number of anilines is 1. The fourth-order valence-corrected chi connectivity index (χ4v) is 1.57. The number of carbonyl (C=O) groups excluding carboxylic acids is 1. The number of aryl methyl sites for hydroxylation is 1. The number of amides is 1. The maximum Gasteiger partial charge on any atom is 0.241 e. The summed E-state index contributed by atoms with van der Waals surface area (Å²) >= 11 is 0. The maximum atomic E-state index is 12.0. The minimum atomic E-state index is -0.597. The molecule has 0 heterocycles. The van der Waals surface area contributed by atoms with Crippen LogP contribution in [0.1, 0.15) is 31.9 Å². The molecule has 4 heteroatoms. The maximum absolute atomic E-state index is 12.0. The van der Waals surface area contributed by atoms with E-state index in [2.05, 4.69) is 5.32 Å². The van der Waals surface area contributed by atoms with Gasteiger partial charge in [-0.1, -0.05) is 26.8 Å². The van der Waals surface area contributed by atoms with Gasteiger partial charge in [-0.2, -0.15) is 0 Å². The zero-order valence-corrected chi connectivity index (χ0v) is 11.7. The van der Waals surface area contributed by atoms with Crippen LogP contribution in [0, 0.1) is 19.3 Å². The van der Waals surface area contributed by atoms with Gasteiger partial charge < -0.3 is 16.2 Å². The number of carbonyl (C=O) groups is 1. The summed E-state index contributed by atoms with van der Waals surface area (Å²) in [5.41, 5.74) is 7.62. The van der Waals surface area contributed by atoms with Crippen LogP contribution in [0.25, 0.3) is 0 Å². The van der Waals surface area contributed by atoms with Gasteiger partial charge in [0, 0.05) is 11.3 Å². The Morgan fingerprint density at radius 3 is 2.39 bits per heavy atom. The van der Waals surface area contributed by atoms with Crippen molar-refractivity contribution in [3.8, 4) is 5.75 Å². The lowest BCUT2D eigenvalue weighted by Gasteiger charge is -2.26. The molecule has 1 atom stereocenters. The predicted molar refractivity (Wildman–Crippen MR) is 73.6 cm³/mol. The Morgan fingerprint density at radius 2 is 1.89 bits per heavy atom. The van der Waals surface area contributed by atoms with E-state index in [9.17, 15) is 9.90 Å². The second-order valence-corrected chi connectivity index (χ2v) is 5.74. The summed E-state index contributed by atoms with van der Waals surface area (Å²) in [6, 6.07) is 2.94. The Balaban J connectivity index is 2.93. The van der Waals surface area contributed by atoms with Crippen LogP contribution >= 0.6 is 0 Å². The van der Waals surface area contributed by atoms with E-state index in [-0.39, 0.29) is 17.1 Å². The molecule has 0 aliphatic rings. The van der Waals surface area contributed by atoms with Crippen LogP contribution in [0.5, 0.6) is 5.75 Å². The van der Waals surface area contributed by atoms with Crippen LogP contribution in [0.2, 0.25) is 0 Å². The molecule has 0 saturated carbocycles. The van der Waals surface area contributed by atoms with Crippen LogP contribution in [0.15, 0.2) is 12.1 Å². The van der Waals surface area contributed by atoms with Crippen LogP contribution in [-0.2, 0) is 4.79 Å². The van der Waals surface area contributed by atoms with Crippen molar-refractivity contribution in [3.63, 3.8) is 0 Å². The van der Waals surface area contributed by atoms with Crippen molar-refractivity contribution in [1.82, 2.24) is 0 Å². The molecule has 0 aromatic heterocycles. The van der Waals surface area contributed by atoms with Gasteiger partial charge in [0.05, 0.1) is 6.04 Å². The van der Waals surface area contributed by atoms with Crippen LogP contribution in [0.4, 0.5) is 5.69 Å². The third kappa shape index (κ3) is 3.01. The third-order valence-electron chi connectivity index (χ3n) is 3.11. The van der Waals surface area contributed by atoms with E-state index in [4.69, 9.17) is 5.73 Å². The Labute approximate surface area is 108 Å². The van der Waals surface area contributed by atoms with E-state index in [1.54, 1.807) is 19.1 Å². The van der Waals surface area contributed by atoms with Crippen molar-refractivity contribution in [2.24, 2.45) is 11.1 Å². The normalized spacial score (nSPS) is 13.2. The molecule has 0 spiro atoms. The molecule has 4 nitrogen and oxygen atoms in total. The summed E-state index contributed by atoms with van der Waals surface area (Å²) in [5.74, 6) is -0.0361. The number of nitrogens with one attached hydrogen (secondary N) is 1. The lowest BCUT2D eigenvalue weighted by Crippen LogP contribution is -2.45. The zero-order valence-electron chi connectivity index (χ0n) is 11.7. The smallest absolute Gasteiger partial charge is 0.241 e. The third-order valence-corrected chi connectivity index (χ3v) is 3.11. The van der Waals surface area contributed by atoms with Gasteiger partial charge in [0.15, 0.2) is 0 Å². The molecule has 1 aromatic rings. The highest BCUT2D eigenvalue weighted by Crippen LogP contribution is 2.28. The van der Waals surface area contributed by atoms with Crippen LogP contribution in [0.3, 0.4) is 0 Å². The topological polar surface area (TPSA) is 75.4 Å². The SMILES string of the molecule is Cc1ccc(NC(=O)C(N)C(C)(C)C)c(C)c1O. The number of hydrogen-bond donors (Lipinski definition) is 3. The highest BCUT2D eigenvalue weighted by atomic mass is 16.3. The monoisotopic (exact) mass is 250 g/mol. The molecule has 18 heavy (non-hydrogen) atoms. The first-order valence-electron chi connectivity index (χ1n) is 6.00. The molecule has 100 valence electrons. The first kappa shape index (κ1) is 14.5. The molecular weight excluding hydrogens is 228 g/mol. The van der Waals surface area contributed by atoms with E-state index in [0.29, 0.717) is 11.3 Å². The standard InChI is InChI=1S/C14H22N2O2/c1-8-6-7-10(9(2)11(8)17)16-13(18)12(15)14(3,4)5/h6-7,12,17H,15H2,1-5H3,(H,16,18). The average Bonchev–Trinajstić information content (AvgIpc) is 2.27. The highest BCUT2D eigenvalue weighted by molar-refractivity contribution is 5.96. The van der Waals surface area contributed by atoms with Gasteiger partial charge in [0.25, 0.3) is 0 Å². The van der Waals surface area contributed by atoms with E-state index in [1.807, 2.05) is 27.7 Å². The molecular formula is C14H22N2O2. The number of hydrogen-bond acceptors (Lipinski definition) is 3. The Bertz CT molecular complexity index is 462. The van der Waals surface area contributed by atoms with Gasteiger partial charge in [-0.25, -0.2) is 0 Å². The number of rotatable bonds is 2. The van der Waals surface area contributed by atoms with Crippen molar-refractivity contribution in [2.75, 3.05) is 5.32 Å². The summed E-state index contributed by atoms with van der Waals surface area (Å²) in [5, 5.41) is 12.6. The second kappa shape index (κ2) is 4.98. The fourth-order valence-electron chi connectivity index (χ4n) is 1.57. The van der Waals surface area contributed by atoms with E-state index < -0.39 is 6.04 Å². The zero-order chi connectivity index (χ0) is 14.1. The first-order valence-corrected chi connectivity index (χ1v) is 6.00. The summed E-state index contributed by atoms with van der Waals surface area (Å²) in [4.78, 5) is 12.0. The Morgan fingerprint density at radius 1 is 1.33 bits per heavy atom. The van der Waals surface area contributed by atoms with Crippen molar-refractivity contribution in [3.05, 3.63) is 23.3 Å². The summed E-state index contributed by atoms with van der Waals surface area (Å²) in [7, 11) is 0.